The Kier molecular flexibility index (Phi) is 3.98. The number of thioether (sulfide) groups is 1. The van der Waals surface area contributed by atoms with E-state index in [9.17, 15) is 0 Å². The van der Waals surface area contributed by atoms with Gasteiger partial charge in [-0.05, 0) is 24.3 Å². The van der Waals surface area contributed by atoms with Crippen LogP contribution in [0.25, 0.3) is 11.5 Å². The average molecular weight is 250 g/mol. The molecule has 0 aliphatic rings. The lowest BCUT2D eigenvalue weighted by molar-refractivity contribution is 0.425. The van der Waals surface area contributed by atoms with Gasteiger partial charge in [0.05, 0.1) is 5.75 Å². The minimum atomic E-state index is 0.447. The van der Waals surface area contributed by atoms with Gasteiger partial charge in [-0.25, -0.2) is 4.98 Å². The molecule has 2 N–H and O–H groups in total. The molecule has 90 valence electrons. The van der Waals surface area contributed by atoms with Crippen molar-refractivity contribution in [2.45, 2.75) is 19.1 Å². The third-order valence-corrected chi connectivity index (χ3v) is 3.23. The van der Waals surface area contributed by atoms with Crippen LogP contribution in [-0.4, -0.2) is 20.9 Å². The van der Waals surface area contributed by atoms with Gasteiger partial charge in [0.1, 0.15) is 5.82 Å². The van der Waals surface area contributed by atoms with E-state index in [2.05, 4.69) is 22.0 Å². The van der Waals surface area contributed by atoms with Crippen LogP contribution in [0.5, 0.6) is 0 Å². The molecule has 0 spiro atoms. The highest BCUT2D eigenvalue weighted by atomic mass is 32.2. The van der Waals surface area contributed by atoms with Crippen LogP contribution in [0.3, 0.4) is 0 Å². The second kappa shape index (κ2) is 5.67. The van der Waals surface area contributed by atoms with Gasteiger partial charge in [-0.1, -0.05) is 12.1 Å². The van der Waals surface area contributed by atoms with Crippen molar-refractivity contribution < 1.29 is 4.52 Å². The van der Waals surface area contributed by atoms with Crippen molar-refractivity contribution in [3.05, 3.63) is 24.2 Å². The van der Waals surface area contributed by atoms with Crippen LogP contribution in [0, 0.1) is 0 Å². The van der Waals surface area contributed by atoms with E-state index < -0.39 is 0 Å². The molecule has 0 aliphatic carbocycles. The number of pyridine rings is 1. The SMILES string of the molecule is CCCSCc1noc(-c2ccnc(N)c2)n1. The molecule has 0 amide bonds. The molecule has 0 radical (unpaired) electrons. The topological polar surface area (TPSA) is 77.8 Å². The molecule has 17 heavy (non-hydrogen) atoms. The molecule has 6 heteroatoms. The zero-order chi connectivity index (χ0) is 12.1. The van der Waals surface area contributed by atoms with E-state index in [-0.39, 0.29) is 0 Å². The first kappa shape index (κ1) is 11.9. The monoisotopic (exact) mass is 250 g/mol. The maximum Gasteiger partial charge on any atom is 0.258 e. The molecule has 5 nitrogen and oxygen atoms in total. The second-order valence-corrected chi connectivity index (χ2v) is 4.64. The summed E-state index contributed by atoms with van der Waals surface area (Å²) < 4.78 is 5.18. The Labute approximate surface area is 104 Å². The van der Waals surface area contributed by atoms with Crippen molar-refractivity contribution in [1.29, 1.82) is 0 Å². The van der Waals surface area contributed by atoms with Gasteiger partial charge in [0.2, 0.25) is 0 Å². The molecular formula is C11H14N4OS. The third-order valence-electron chi connectivity index (χ3n) is 2.08. The molecule has 2 heterocycles. The molecule has 0 saturated heterocycles. The minimum Gasteiger partial charge on any atom is -0.384 e. The van der Waals surface area contributed by atoms with Gasteiger partial charge in [0.25, 0.3) is 5.89 Å². The van der Waals surface area contributed by atoms with E-state index in [0.29, 0.717) is 17.5 Å². The predicted molar refractivity (Wildman–Crippen MR) is 68.4 cm³/mol. The molecular weight excluding hydrogens is 236 g/mol. The number of nitrogens with zero attached hydrogens (tertiary/aromatic N) is 3. The van der Waals surface area contributed by atoms with Gasteiger partial charge in [-0.3, -0.25) is 0 Å². The standard InChI is InChI=1S/C11H14N4OS/c1-2-5-17-7-10-14-11(16-15-10)8-3-4-13-9(12)6-8/h3-4,6H,2,5,7H2,1H3,(H2,12,13). The van der Waals surface area contributed by atoms with Gasteiger partial charge in [-0.2, -0.15) is 16.7 Å². The third kappa shape index (κ3) is 3.20. The fourth-order valence-corrected chi connectivity index (χ4v) is 2.05. The smallest absolute Gasteiger partial charge is 0.258 e. The Balaban J connectivity index is 2.07. The maximum absolute atomic E-state index is 5.60. The van der Waals surface area contributed by atoms with E-state index >= 15 is 0 Å². The largest absolute Gasteiger partial charge is 0.384 e. The molecule has 0 atom stereocenters. The lowest BCUT2D eigenvalue weighted by Crippen LogP contribution is -1.90. The van der Waals surface area contributed by atoms with Crippen LogP contribution in [0.15, 0.2) is 22.9 Å². The summed E-state index contributed by atoms with van der Waals surface area (Å²) in [6.45, 7) is 2.15. The van der Waals surface area contributed by atoms with Crippen LogP contribution in [0.4, 0.5) is 5.82 Å². The number of hydrogen-bond acceptors (Lipinski definition) is 6. The van der Waals surface area contributed by atoms with Crippen LogP contribution >= 0.6 is 11.8 Å². The van der Waals surface area contributed by atoms with Gasteiger partial charge >= 0.3 is 0 Å². The van der Waals surface area contributed by atoms with Crippen molar-refractivity contribution in [2.75, 3.05) is 11.5 Å². The highest BCUT2D eigenvalue weighted by Gasteiger charge is 2.08. The summed E-state index contributed by atoms with van der Waals surface area (Å²) in [5.74, 6) is 3.53. The molecule has 2 aromatic rings. The highest BCUT2D eigenvalue weighted by Crippen LogP contribution is 2.19. The molecule has 0 aliphatic heterocycles. The number of nitrogen functional groups attached to an aromatic ring is 1. The van der Waals surface area contributed by atoms with E-state index in [4.69, 9.17) is 10.3 Å². The minimum absolute atomic E-state index is 0.447. The first-order valence-electron chi connectivity index (χ1n) is 5.42. The summed E-state index contributed by atoms with van der Waals surface area (Å²) in [4.78, 5) is 8.23. The van der Waals surface area contributed by atoms with Crippen molar-refractivity contribution in [2.24, 2.45) is 0 Å². The van der Waals surface area contributed by atoms with Crippen molar-refractivity contribution in [3.8, 4) is 11.5 Å². The summed E-state index contributed by atoms with van der Waals surface area (Å²) >= 11 is 1.80. The van der Waals surface area contributed by atoms with Crippen LogP contribution in [0.2, 0.25) is 0 Å². The first-order chi connectivity index (χ1) is 8.29. The van der Waals surface area contributed by atoms with Crippen molar-refractivity contribution >= 4 is 17.6 Å². The first-order valence-corrected chi connectivity index (χ1v) is 6.57. The summed E-state index contributed by atoms with van der Waals surface area (Å²) in [5.41, 5.74) is 6.40. The fourth-order valence-electron chi connectivity index (χ4n) is 1.32. The Morgan fingerprint density at radius 1 is 1.47 bits per heavy atom. The average Bonchev–Trinajstić information content (AvgIpc) is 2.78. The van der Waals surface area contributed by atoms with E-state index in [1.807, 2.05) is 0 Å². The summed E-state index contributed by atoms with van der Waals surface area (Å²) in [5, 5.41) is 3.93. The molecule has 0 bridgehead atoms. The van der Waals surface area contributed by atoms with E-state index in [0.717, 1.165) is 23.5 Å². The lowest BCUT2D eigenvalue weighted by atomic mass is 10.2. The molecule has 2 rings (SSSR count). The highest BCUT2D eigenvalue weighted by molar-refractivity contribution is 7.98. The zero-order valence-corrected chi connectivity index (χ0v) is 10.4. The van der Waals surface area contributed by atoms with Gasteiger partial charge in [-0.15, -0.1) is 0 Å². The molecule has 2 aromatic heterocycles. The normalized spacial score (nSPS) is 10.6. The van der Waals surface area contributed by atoms with Gasteiger partial charge < -0.3 is 10.3 Å². The zero-order valence-electron chi connectivity index (χ0n) is 9.59. The van der Waals surface area contributed by atoms with Gasteiger partial charge in [0, 0.05) is 11.8 Å². The molecule has 0 unspecified atom stereocenters. The Bertz CT molecular complexity index is 486. The quantitative estimate of drug-likeness (QED) is 0.821. The number of hydrogen-bond donors (Lipinski definition) is 1. The Hall–Kier alpha value is -1.56. The van der Waals surface area contributed by atoms with Crippen molar-refractivity contribution in [3.63, 3.8) is 0 Å². The second-order valence-electron chi connectivity index (χ2n) is 3.54. The van der Waals surface area contributed by atoms with Crippen LogP contribution in [0.1, 0.15) is 19.2 Å². The number of nitrogens with two attached hydrogens (primary N) is 1. The maximum atomic E-state index is 5.60. The molecule has 0 fully saturated rings. The van der Waals surface area contributed by atoms with Gasteiger partial charge in [0.15, 0.2) is 5.82 Å². The number of aromatic nitrogens is 3. The number of anilines is 1. The summed E-state index contributed by atoms with van der Waals surface area (Å²) in [6.07, 6.45) is 2.77. The number of rotatable bonds is 5. The Morgan fingerprint density at radius 3 is 3.12 bits per heavy atom. The van der Waals surface area contributed by atoms with Crippen LogP contribution < -0.4 is 5.73 Å². The van der Waals surface area contributed by atoms with E-state index in [1.165, 1.54) is 0 Å². The predicted octanol–water partition coefficient (Wildman–Crippen LogP) is 2.36. The Morgan fingerprint density at radius 2 is 2.35 bits per heavy atom. The summed E-state index contributed by atoms with van der Waals surface area (Å²) in [7, 11) is 0. The lowest BCUT2D eigenvalue weighted by Gasteiger charge is -1.94. The fraction of sp³-hybridized carbons (Fsp3) is 0.364. The van der Waals surface area contributed by atoms with Crippen LogP contribution in [-0.2, 0) is 5.75 Å². The van der Waals surface area contributed by atoms with E-state index in [1.54, 1.807) is 30.1 Å². The van der Waals surface area contributed by atoms with Crippen molar-refractivity contribution in [1.82, 2.24) is 15.1 Å². The molecule has 0 aromatic carbocycles. The summed E-state index contributed by atoms with van der Waals surface area (Å²) in [6, 6.07) is 3.52. The molecule has 0 saturated carbocycles.